The summed E-state index contributed by atoms with van der Waals surface area (Å²) in [5.74, 6) is -31.6. The Morgan fingerprint density at radius 1 is 0.392 bits per heavy atom. The van der Waals surface area contributed by atoms with E-state index in [2.05, 4.69) is 60.6 Å². The van der Waals surface area contributed by atoms with Gasteiger partial charge < -0.3 is 28.3 Å². The predicted octanol–water partition coefficient (Wildman–Crippen LogP) is 18.4. The van der Waals surface area contributed by atoms with Gasteiger partial charge in [0.1, 0.15) is 50.3 Å². The van der Waals surface area contributed by atoms with Crippen LogP contribution in [0.3, 0.4) is 0 Å². The Kier molecular flexibility index (Phi) is 36.6. The summed E-state index contributed by atoms with van der Waals surface area (Å²) in [6.45, 7) is 0. The molecule has 52 heteroatoms. The van der Waals surface area contributed by atoms with Crippen LogP contribution in [-0.2, 0) is 48.7 Å². The number of rotatable bonds is 20. The fourth-order valence-electron chi connectivity index (χ4n) is 11.3. The maximum Gasteiger partial charge on any atom is 0.389 e. The molecule has 0 radical (unpaired) electrons. The highest BCUT2D eigenvalue weighted by molar-refractivity contribution is 9.10. The molecule has 3 unspecified atom stereocenters. The van der Waals surface area contributed by atoms with Crippen molar-refractivity contribution in [1.29, 1.82) is 0 Å². The van der Waals surface area contributed by atoms with Crippen molar-refractivity contribution >= 4 is 130 Å². The van der Waals surface area contributed by atoms with E-state index in [1.165, 1.54) is 68.9 Å². The van der Waals surface area contributed by atoms with Crippen LogP contribution < -0.4 is 45.0 Å². The van der Waals surface area contributed by atoms with Gasteiger partial charge >= 0.3 is 38.8 Å². The lowest BCUT2D eigenvalue weighted by Crippen LogP contribution is -2.19. The second-order valence-electron chi connectivity index (χ2n) is 25.6. The summed E-state index contributed by atoms with van der Waals surface area (Å²) in [6.07, 6.45) is -14.6. The lowest BCUT2D eigenvalue weighted by Gasteiger charge is -2.17. The molecule has 13 aromatic rings. The third-order valence-corrected chi connectivity index (χ3v) is 22.3. The number of sulfone groups is 1. The van der Waals surface area contributed by atoms with E-state index in [-0.39, 0.29) is 129 Å². The smallest absolute Gasteiger partial charge is 0.389 e. The van der Waals surface area contributed by atoms with E-state index in [0.717, 1.165) is 106 Å². The molecule has 0 saturated heterocycles. The van der Waals surface area contributed by atoms with Gasteiger partial charge in [0.2, 0.25) is 69.7 Å². The topological polar surface area (TPSA) is 292 Å². The fraction of sp³-hybridized carbons (Fsp3) is 0.167. The SMILES string of the molecule is COc1cc(Br)c(F)cc1-n1c(=O)ccc2cc(S(=O)(=O)Oc3c(F)c(F)c(F)c(F)c3F)ccc21.COc1cc(CCC(F)(F)F)c(F)cc1-n1c(=O)ccc2cc(S(=O)(=O)Cc3cccnn3)ccc21.COc1cc(CCC(F)(F)F)c(F)cc1-n1c(=O)ccc2cc(S(=O)(=O)Oc3c(F)c(F)c(F)c(F)c3F)ccc21.FC(F)(F)CCBr.Nc1cccnn1.P.P.P. The number of alkyl halides is 10. The number of nitrogens with zero attached hydrogens (tertiary/aromatic N) is 7. The number of hydrogen-bond acceptors (Lipinski definition) is 19. The number of benzene rings is 8. The zero-order chi connectivity index (χ0) is 94.1. The molecule has 0 amide bonds. The van der Waals surface area contributed by atoms with E-state index in [9.17, 15) is 136 Å². The van der Waals surface area contributed by atoms with Crippen LogP contribution in [0.1, 0.15) is 36.1 Å². The van der Waals surface area contributed by atoms with Crippen molar-refractivity contribution in [2.24, 2.45) is 0 Å². The number of hydrogen-bond donors (Lipinski definition) is 1. The molecule has 0 aliphatic heterocycles. The molecule has 0 aliphatic rings. The molecule has 8 aromatic carbocycles. The Bertz CT molecular complexity index is 6880. The van der Waals surface area contributed by atoms with Crippen LogP contribution in [0.4, 0.5) is 102 Å². The highest BCUT2D eigenvalue weighted by atomic mass is 79.9. The summed E-state index contributed by atoms with van der Waals surface area (Å²) >= 11 is 5.66. The van der Waals surface area contributed by atoms with Crippen molar-refractivity contribution in [3.63, 3.8) is 0 Å². The van der Waals surface area contributed by atoms with Crippen LogP contribution in [0.15, 0.2) is 198 Å². The summed E-state index contributed by atoms with van der Waals surface area (Å²) in [7, 11) is -10.5. The van der Waals surface area contributed by atoms with Crippen LogP contribution in [0.25, 0.3) is 49.8 Å². The zero-order valence-corrected chi connectivity index (χ0v) is 75.7. The minimum absolute atomic E-state index is 0. The largest absolute Gasteiger partial charge is 0.495 e. The number of fused-ring (bicyclic) bond motifs is 3. The molecule has 13 rings (SSSR count). The van der Waals surface area contributed by atoms with Crippen LogP contribution in [0.5, 0.6) is 28.7 Å². The highest BCUT2D eigenvalue weighted by Crippen LogP contribution is 2.39. The van der Waals surface area contributed by atoms with Crippen molar-refractivity contribution in [1.82, 2.24) is 34.1 Å². The molecule has 130 heavy (non-hydrogen) atoms. The maximum atomic E-state index is 14.8. The Labute approximate surface area is 745 Å². The van der Waals surface area contributed by atoms with E-state index in [0.29, 0.717) is 11.2 Å². The second-order valence-corrected chi connectivity index (χ2v) is 32.4. The number of pyridine rings is 3. The summed E-state index contributed by atoms with van der Waals surface area (Å²) in [5.41, 5.74) is 2.78. The first kappa shape index (κ1) is 108. The Hall–Kier alpha value is -11.1. The molecule has 2 N–H and O–H groups in total. The van der Waals surface area contributed by atoms with E-state index in [1.807, 2.05) is 0 Å². The second kappa shape index (κ2) is 44.2. The van der Waals surface area contributed by atoms with Gasteiger partial charge in [-0.2, -0.15) is 119 Å². The first-order chi connectivity index (χ1) is 59.4. The molecule has 5 heterocycles. The van der Waals surface area contributed by atoms with E-state index in [1.54, 1.807) is 24.4 Å². The van der Waals surface area contributed by atoms with Gasteiger partial charge in [-0.3, -0.25) is 28.1 Å². The number of anilines is 1. The van der Waals surface area contributed by atoms with Crippen LogP contribution in [0, 0.1) is 75.6 Å². The molecule has 0 bridgehead atoms. The minimum Gasteiger partial charge on any atom is -0.495 e. The van der Waals surface area contributed by atoms with Gasteiger partial charge in [-0.15, -0.1) is 5.10 Å². The maximum absolute atomic E-state index is 14.8. The molecule has 0 fully saturated rings. The van der Waals surface area contributed by atoms with Gasteiger partial charge in [0.05, 0.1) is 82.2 Å². The summed E-state index contributed by atoms with van der Waals surface area (Å²) in [6, 6.07) is 29.0. The number of aromatic nitrogens is 7. The quantitative estimate of drug-likeness (QED) is 0.0185. The average molecular weight is 2100 g/mol. The van der Waals surface area contributed by atoms with Crippen molar-refractivity contribution in [2.75, 3.05) is 32.4 Å². The molecular weight excluding hydrogens is 2040 g/mol. The third-order valence-electron chi connectivity index (χ3n) is 17.2. The summed E-state index contributed by atoms with van der Waals surface area (Å²) in [4.78, 5) is 36.6. The van der Waals surface area contributed by atoms with Gasteiger partial charge in [0, 0.05) is 83.1 Å². The van der Waals surface area contributed by atoms with Crippen LogP contribution >= 0.6 is 61.6 Å². The van der Waals surface area contributed by atoms with Gasteiger partial charge in [-0.05, 0) is 155 Å². The summed E-state index contributed by atoms with van der Waals surface area (Å²) < 4.78 is 392. The lowest BCUT2D eigenvalue weighted by atomic mass is 10.1. The normalized spacial score (nSPS) is 11.5. The lowest BCUT2D eigenvalue weighted by molar-refractivity contribution is -0.135. The Balaban J connectivity index is 0.000000276. The molecule has 698 valence electrons. The van der Waals surface area contributed by atoms with Crippen molar-refractivity contribution in [3.05, 3.63) is 292 Å². The number of halogens is 24. The minimum atomic E-state index is -5.23. The van der Waals surface area contributed by atoms with Gasteiger partial charge in [-0.1, -0.05) is 15.9 Å². The van der Waals surface area contributed by atoms with Gasteiger partial charge in [0.15, 0.2) is 9.84 Å². The fourth-order valence-corrected chi connectivity index (χ4v) is 15.3. The zero-order valence-electron chi connectivity index (χ0n) is 65.9. The number of nitrogen functional groups attached to an aromatic ring is 1. The molecule has 22 nitrogen and oxygen atoms in total. The predicted molar refractivity (Wildman–Crippen MR) is 450 cm³/mol. The number of nitrogens with two attached hydrogens (primary N) is 1. The summed E-state index contributed by atoms with van der Waals surface area (Å²) in [5, 5.41) is 14.8. The molecule has 0 aliphatic carbocycles. The van der Waals surface area contributed by atoms with E-state index < -0.39 is 194 Å². The van der Waals surface area contributed by atoms with Gasteiger partial charge in [0.25, 0.3) is 16.7 Å². The first-order valence-electron chi connectivity index (χ1n) is 34.8. The van der Waals surface area contributed by atoms with Crippen molar-refractivity contribution in [3.8, 4) is 45.8 Å². The van der Waals surface area contributed by atoms with E-state index >= 15 is 0 Å². The number of ether oxygens (including phenoxy) is 3. The Morgan fingerprint density at radius 3 is 1.02 bits per heavy atom. The third kappa shape index (κ3) is 26.0. The van der Waals surface area contributed by atoms with E-state index in [4.69, 9.17) is 19.9 Å². The number of methoxy groups -OCH3 is 3. The molecule has 0 saturated carbocycles. The molecule has 3 atom stereocenters. The number of aryl methyl sites for hydroxylation is 2. The van der Waals surface area contributed by atoms with Crippen molar-refractivity contribution in [2.45, 2.75) is 71.1 Å². The Morgan fingerprint density at radius 2 is 0.715 bits per heavy atom. The van der Waals surface area contributed by atoms with Crippen LogP contribution in [0.2, 0.25) is 0 Å². The van der Waals surface area contributed by atoms with Crippen LogP contribution in [-0.4, -0.2) is 105 Å². The average Bonchev–Trinajstić information content (AvgIpc) is 0.764. The van der Waals surface area contributed by atoms with Crippen molar-refractivity contribution < 1.29 is 144 Å². The molecule has 5 aromatic heterocycles. The van der Waals surface area contributed by atoms with Gasteiger partial charge in [-0.25, -0.2) is 47.9 Å². The standard InChI is InChI=1S/C25H14F9NO5S.C24H19F4N3O4S.C22H10BrF6NO5S.C4H5N3.C3H4BrF3.3H3P/c1-39-17-9-11(6-7-25(32,33)34)14(26)10-16(17)35-15-4-3-13(8-12(15)2-5-18(35)36)41(37,38)40-24-22(30)20(28)19(27)21(29)23(24)31;1-35-22-12-15(8-9-24(26,27)28)19(25)13-21(22)31-20-6-5-18(11-16(20)4-7-23(31)32)36(33,34)14-17-3-2-10-29-30-17;1-34-15-7-11(23)12(24)8-14(15)30-13-4-3-10(6-9(13)2-5-16(30)31)36(32,33)35-22-20(28)18(26)17(25)19(27)21(22)29;5-4-2-1-3-6-7-4;4-2-1-3(5,6)7;;;/h2-5,8-10H,6-7H2,1H3;2-7,10-13H,8-9,14H2,1H3;2-8H,1H3;1-3H,(H2,5,7);1-2H2;3*1H3. The monoisotopic (exact) mass is 2100 g/mol. The molecule has 0 spiro atoms. The highest BCUT2D eigenvalue weighted by Gasteiger charge is 2.36. The molecular formula is C78H61Br2F22N8O14P3S3. The first-order valence-corrected chi connectivity index (χ1v) is 41.2.